The molecule has 2 rings (SSSR count). The Morgan fingerprint density at radius 3 is 2.21 bits per heavy atom. The van der Waals surface area contributed by atoms with Gasteiger partial charge < -0.3 is 5.11 Å². The number of hydrogen-bond donors (Lipinski definition) is 1. The van der Waals surface area contributed by atoms with E-state index in [0.29, 0.717) is 0 Å². The standard InChI is InChI=1S/C11H16O3/c1-4-7-8(5(2)10(4)13)11(14)9(7)6(3)12/h4-9,12H,1-3H3/t4-,5?,6-,7+,8?,9-/m1/s1. The Morgan fingerprint density at radius 2 is 1.71 bits per heavy atom. The first-order valence-corrected chi connectivity index (χ1v) is 5.22. The molecule has 0 amide bonds. The number of carbonyl (C=O) groups excluding carboxylic acids is 2. The minimum Gasteiger partial charge on any atom is -0.393 e. The molecule has 0 spiro atoms. The van der Waals surface area contributed by atoms with Crippen molar-refractivity contribution in [1.29, 1.82) is 0 Å². The first-order valence-electron chi connectivity index (χ1n) is 5.22. The summed E-state index contributed by atoms with van der Waals surface area (Å²) in [5.74, 6) is -0.178. The lowest BCUT2D eigenvalue weighted by Crippen LogP contribution is -2.52. The lowest BCUT2D eigenvalue weighted by molar-refractivity contribution is -0.151. The summed E-state index contributed by atoms with van der Waals surface area (Å²) in [7, 11) is 0. The molecule has 0 aliphatic heterocycles. The Hall–Kier alpha value is -0.700. The van der Waals surface area contributed by atoms with Crippen molar-refractivity contribution in [2.75, 3.05) is 0 Å². The molecule has 2 saturated carbocycles. The van der Waals surface area contributed by atoms with E-state index in [9.17, 15) is 14.7 Å². The van der Waals surface area contributed by atoms with Gasteiger partial charge >= 0.3 is 0 Å². The van der Waals surface area contributed by atoms with Gasteiger partial charge in [0.2, 0.25) is 0 Å². The maximum atomic E-state index is 11.7. The zero-order valence-corrected chi connectivity index (χ0v) is 8.73. The maximum absolute atomic E-state index is 11.7. The molecule has 6 atom stereocenters. The monoisotopic (exact) mass is 196 g/mol. The molecule has 0 heterocycles. The van der Waals surface area contributed by atoms with Gasteiger partial charge in [0.15, 0.2) is 0 Å². The van der Waals surface area contributed by atoms with E-state index in [-0.39, 0.29) is 41.2 Å². The van der Waals surface area contributed by atoms with Gasteiger partial charge in [0.1, 0.15) is 11.6 Å². The molecule has 3 heteroatoms. The summed E-state index contributed by atoms with van der Waals surface area (Å²) < 4.78 is 0. The van der Waals surface area contributed by atoms with Crippen molar-refractivity contribution in [3.05, 3.63) is 0 Å². The summed E-state index contributed by atoms with van der Waals surface area (Å²) >= 11 is 0. The van der Waals surface area contributed by atoms with Crippen LogP contribution in [0.5, 0.6) is 0 Å². The highest BCUT2D eigenvalue weighted by atomic mass is 16.3. The Kier molecular flexibility index (Phi) is 2.03. The maximum Gasteiger partial charge on any atom is 0.142 e. The average molecular weight is 196 g/mol. The van der Waals surface area contributed by atoms with Gasteiger partial charge in [0, 0.05) is 23.7 Å². The summed E-state index contributed by atoms with van der Waals surface area (Å²) in [5.41, 5.74) is 0. The summed E-state index contributed by atoms with van der Waals surface area (Å²) in [6.07, 6.45) is -0.607. The van der Waals surface area contributed by atoms with Crippen molar-refractivity contribution in [2.24, 2.45) is 29.6 Å². The molecule has 0 aromatic carbocycles. The third-order valence-electron chi connectivity index (χ3n) is 4.02. The van der Waals surface area contributed by atoms with Crippen LogP contribution in [0, 0.1) is 29.6 Å². The first kappa shape index (κ1) is 9.84. The van der Waals surface area contributed by atoms with Crippen LogP contribution in [0.1, 0.15) is 20.8 Å². The second-order valence-corrected chi connectivity index (χ2v) is 4.75. The van der Waals surface area contributed by atoms with E-state index in [2.05, 4.69) is 0 Å². The van der Waals surface area contributed by atoms with Gasteiger partial charge in [0.05, 0.1) is 6.10 Å². The number of rotatable bonds is 1. The summed E-state index contributed by atoms with van der Waals surface area (Å²) in [5, 5.41) is 9.45. The fraction of sp³-hybridized carbons (Fsp3) is 0.818. The number of ketones is 2. The van der Waals surface area contributed by atoms with Crippen molar-refractivity contribution in [1.82, 2.24) is 0 Å². The number of Topliss-reactive ketones (excluding diaryl/α,β-unsaturated/α-hetero) is 2. The van der Waals surface area contributed by atoms with E-state index in [1.54, 1.807) is 6.92 Å². The molecule has 1 N–H and O–H groups in total. The number of aliphatic hydroxyl groups excluding tert-OH is 1. The number of aliphatic hydroxyl groups is 1. The van der Waals surface area contributed by atoms with Crippen LogP contribution in [0.2, 0.25) is 0 Å². The van der Waals surface area contributed by atoms with E-state index in [4.69, 9.17) is 0 Å². The smallest absolute Gasteiger partial charge is 0.142 e. The van der Waals surface area contributed by atoms with Crippen LogP contribution < -0.4 is 0 Å². The molecule has 0 aromatic rings. The Labute approximate surface area is 83.5 Å². The highest BCUT2D eigenvalue weighted by molar-refractivity contribution is 6.01. The van der Waals surface area contributed by atoms with E-state index in [1.165, 1.54) is 0 Å². The topological polar surface area (TPSA) is 54.4 Å². The number of carbonyl (C=O) groups is 2. The lowest BCUT2D eigenvalue weighted by Gasteiger charge is -2.42. The van der Waals surface area contributed by atoms with Crippen LogP contribution in [0.25, 0.3) is 0 Å². The van der Waals surface area contributed by atoms with Crippen LogP contribution in [0.4, 0.5) is 0 Å². The average Bonchev–Trinajstić information content (AvgIpc) is 2.26. The number of hydrogen-bond acceptors (Lipinski definition) is 3. The van der Waals surface area contributed by atoms with Gasteiger partial charge in [-0.15, -0.1) is 0 Å². The van der Waals surface area contributed by atoms with Crippen LogP contribution >= 0.6 is 0 Å². The molecule has 0 aromatic heterocycles. The largest absolute Gasteiger partial charge is 0.393 e. The van der Waals surface area contributed by atoms with Gasteiger partial charge in [-0.25, -0.2) is 0 Å². The molecular formula is C11H16O3. The van der Waals surface area contributed by atoms with Gasteiger partial charge in [-0.3, -0.25) is 9.59 Å². The van der Waals surface area contributed by atoms with Gasteiger partial charge in [0.25, 0.3) is 0 Å². The molecule has 3 nitrogen and oxygen atoms in total. The summed E-state index contributed by atoms with van der Waals surface area (Å²) in [6.45, 7) is 5.35. The third kappa shape index (κ3) is 0.962. The van der Waals surface area contributed by atoms with Gasteiger partial charge in [-0.2, -0.15) is 0 Å². The van der Waals surface area contributed by atoms with E-state index in [0.717, 1.165) is 0 Å². The molecular weight excluding hydrogens is 180 g/mol. The first-order chi connectivity index (χ1) is 6.46. The van der Waals surface area contributed by atoms with Crippen LogP contribution in [0.3, 0.4) is 0 Å². The molecule has 0 bridgehead atoms. The minimum atomic E-state index is -0.607. The van der Waals surface area contributed by atoms with Crippen molar-refractivity contribution in [2.45, 2.75) is 26.9 Å². The van der Waals surface area contributed by atoms with Crippen LogP contribution in [-0.4, -0.2) is 22.8 Å². The van der Waals surface area contributed by atoms with Gasteiger partial charge in [-0.1, -0.05) is 13.8 Å². The zero-order chi connectivity index (χ0) is 10.6. The molecule has 14 heavy (non-hydrogen) atoms. The quantitative estimate of drug-likeness (QED) is 0.670. The zero-order valence-electron chi connectivity index (χ0n) is 8.73. The molecule has 2 aliphatic carbocycles. The molecule has 2 fully saturated rings. The SMILES string of the molecule is CC1C(=O)[C@H](C)[C@H]2C1C(=O)[C@@H]2[C@@H](C)O. The molecule has 0 saturated heterocycles. The van der Waals surface area contributed by atoms with Crippen molar-refractivity contribution in [3.8, 4) is 0 Å². The summed E-state index contributed by atoms with van der Waals surface area (Å²) in [6, 6.07) is 0. The summed E-state index contributed by atoms with van der Waals surface area (Å²) in [4.78, 5) is 23.3. The van der Waals surface area contributed by atoms with E-state index < -0.39 is 6.10 Å². The van der Waals surface area contributed by atoms with Crippen molar-refractivity contribution >= 4 is 11.6 Å². The van der Waals surface area contributed by atoms with Gasteiger partial charge in [-0.05, 0) is 12.8 Å². The van der Waals surface area contributed by atoms with Crippen molar-refractivity contribution in [3.63, 3.8) is 0 Å². The molecule has 78 valence electrons. The second kappa shape index (κ2) is 2.89. The molecule has 0 radical (unpaired) electrons. The fourth-order valence-electron chi connectivity index (χ4n) is 3.25. The normalized spacial score (nSPS) is 48.7. The minimum absolute atomic E-state index is 0.0488. The Balaban J connectivity index is 2.27. The highest BCUT2D eigenvalue weighted by Crippen LogP contribution is 2.53. The molecule has 2 unspecified atom stereocenters. The fourth-order valence-corrected chi connectivity index (χ4v) is 3.25. The molecule has 2 aliphatic rings. The highest BCUT2D eigenvalue weighted by Gasteiger charge is 2.62. The predicted octanol–water partition coefficient (Wildman–Crippen LogP) is 0.653. The Morgan fingerprint density at radius 1 is 1.14 bits per heavy atom. The predicted molar refractivity (Wildman–Crippen MR) is 50.5 cm³/mol. The third-order valence-corrected chi connectivity index (χ3v) is 4.02. The van der Waals surface area contributed by atoms with E-state index >= 15 is 0 Å². The van der Waals surface area contributed by atoms with Crippen molar-refractivity contribution < 1.29 is 14.7 Å². The van der Waals surface area contributed by atoms with E-state index in [1.807, 2.05) is 13.8 Å². The second-order valence-electron chi connectivity index (χ2n) is 4.75. The van der Waals surface area contributed by atoms with Crippen LogP contribution in [0.15, 0.2) is 0 Å². The van der Waals surface area contributed by atoms with Crippen LogP contribution in [-0.2, 0) is 9.59 Å². The number of fused-ring (bicyclic) bond motifs is 1. The Bertz CT molecular complexity index is 295. The lowest BCUT2D eigenvalue weighted by atomic mass is 9.59.